The Morgan fingerprint density at radius 2 is 2.06 bits per heavy atom. The largest absolute Gasteiger partial charge is 0.394 e. The van der Waals surface area contributed by atoms with Gasteiger partial charge in [0.1, 0.15) is 0 Å². The number of amides is 1. The fraction of sp³-hybridized carbons (Fsp3) is 0.923. The number of aliphatic hydroxyl groups is 1. The van der Waals surface area contributed by atoms with E-state index in [1.165, 1.54) is 12.8 Å². The summed E-state index contributed by atoms with van der Waals surface area (Å²) in [5, 5.41) is 15.6. The number of hydrogen-bond donors (Lipinski definition) is 3. The van der Waals surface area contributed by atoms with Gasteiger partial charge < -0.3 is 15.7 Å². The Labute approximate surface area is 104 Å². The Kier molecular flexibility index (Phi) is 5.92. The Morgan fingerprint density at radius 3 is 2.59 bits per heavy atom. The van der Waals surface area contributed by atoms with Gasteiger partial charge in [-0.1, -0.05) is 6.92 Å². The third-order valence-corrected chi connectivity index (χ3v) is 3.89. The third-order valence-electron chi connectivity index (χ3n) is 3.89. The molecule has 0 aromatic heterocycles. The summed E-state index contributed by atoms with van der Waals surface area (Å²) in [6.07, 6.45) is 5.85. The summed E-state index contributed by atoms with van der Waals surface area (Å²) < 4.78 is 0. The van der Waals surface area contributed by atoms with Crippen LogP contribution in [0.25, 0.3) is 0 Å². The SMILES string of the molecule is CNC(=O)CCCNC1(CO)CCC(C)CC1. The fourth-order valence-electron chi connectivity index (χ4n) is 2.43. The summed E-state index contributed by atoms with van der Waals surface area (Å²) in [4.78, 5) is 11.1. The maximum atomic E-state index is 11.1. The van der Waals surface area contributed by atoms with Crippen LogP contribution in [0.5, 0.6) is 0 Å². The summed E-state index contributed by atoms with van der Waals surface area (Å²) in [7, 11) is 1.66. The van der Waals surface area contributed by atoms with Gasteiger partial charge >= 0.3 is 0 Å². The minimum absolute atomic E-state index is 0.0853. The van der Waals surface area contributed by atoms with E-state index >= 15 is 0 Å². The van der Waals surface area contributed by atoms with E-state index in [1.54, 1.807) is 7.05 Å². The smallest absolute Gasteiger partial charge is 0.219 e. The van der Waals surface area contributed by atoms with Gasteiger partial charge in [-0.05, 0) is 44.6 Å². The summed E-state index contributed by atoms with van der Waals surface area (Å²) >= 11 is 0. The maximum Gasteiger partial charge on any atom is 0.219 e. The Hall–Kier alpha value is -0.610. The van der Waals surface area contributed by atoms with Gasteiger partial charge in [-0.2, -0.15) is 0 Å². The van der Waals surface area contributed by atoms with E-state index in [2.05, 4.69) is 17.6 Å². The zero-order valence-electron chi connectivity index (χ0n) is 11.1. The number of carbonyl (C=O) groups excluding carboxylic acids is 1. The molecule has 4 nitrogen and oxygen atoms in total. The van der Waals surface area contributed by atoms with Gasteiger partial charge in [-0.3, -0.25) is 4.79 Å². The van der Waals surface area contributed by atoms with Gasteiger partial charge in [0.05, 0.1) is 6.61 Å². The number of rotatable bonds is 6. The molecule has 0 bridgehead atoms. The molecule has 1 saturated carbocycles. The van der Waals surface area contributed by atoms with Crippen LogP contribution in [0.4, 0.5) is 0 Å². The van der Waals surface area contributed by atoms with Crippen molar-refractivity contribution < 1.29 is 9.90 Å². The lowest BCUT2D eigenvalue weighted by atomic mass is 9.77. The van der Waals surface area contributed by atoms with Crippen molar-refractivity contribution in [2.45, 2.75) is 51.0 Å². The quantitative estimate of drug-likeness (QED) is 0.610. The van der Waals surface area contributed by atoms with E-state index in [9.17, 15) is 9.90 Å². The van der Waals surface area contributed by atoms with Crippen molar-refractivity contribution in [3.05, 3.63) is 0 Å². The summed E-state index contributed by atoms with van der Waals surface area (Å²) in [6, 6.07) is 0. The van der Waals surface area contributed by atoms with Crippen molar-refractivity contribution in [2.75, 3.05) is 20.2 Å². The predicted molar refractivity (Wildman–Crippen MR) is 68.8 cm³/mol. The van der Waals surface area contributed by atoms with Crippen LogP contribution in [0, 0.1) is 5.92 Å². The first-order valence-electron chi connectivity index (χ1n) is 6.68. The third kappa shape index (κ3) is 4.64. The van der Waals surface area contributed by atoms with Crippen molar-refractivity contribution in [2.24, 2.45) is 5.92 Å². The first kappa shape index (κ1) is 14.5. The Morgan fingerprint density at radius 1 is 1.41 bits per heavy atom. The van der Waals surface area contributed by atoms with Crippen molar-refractivity contribution >= 4 is 5.91 Å². The molecule has 1 fully saturated rings. The number of hydrogen-bond acceptors (Lipinski definition) is 3. The molecule has 0 saturated heterocycles. The molecule has 1 amide bonds. The molecule has 0 aromatic carbocycles. The lowest BCUT2D eigenvalue weighted by Crippen LogP contribution is -2.51. The number of nitrogens with one attached hydrogen (secondary N) is 2. The van der Waals surface area contributed by atoms with Crippen molar-refractivity contribution in [3.8, 4) is 0 Å². The van der Waals surface area contributed by atoms with Crippen LogP contribution in [-0.4, -0.2) is 36.8 Å². The maximum absolute atomic E-state index is 11.1. The average molecular weight is 242 g/mol. The van der Waals surface area contributed by atoms with E-state index in [-0.39, 0.29) is 18.1 Å². The van der Waals surface area contributed by atoms with Crippen LogP contribution >= 0.6 is 0 Å². The molecule has 4 heteroatoms. The van der Waals surface area contributed by atoms with E-state index in [1.807, 2.05) is 0 Å². The summed E-state index contributed by atoms with van der Waals surface area (Å²) in [5.41, 5.74) is -0.0881. The fourth-order valence-corrected chi connectivity index (χ4v) is 2.43. The number of carbonyl (C=O) groups is 1. The minimum Gasteiger partial charge on any atom is -0.394 e. The lowest BCUT2D eigenvalue weighted by molar-refractivity contribution is -0.120. The van der Waals surface area contributed by atoms with Crippen LogP contribution in [0.3, 0.4) is 0 Å². The van der Waals surface area contributed by atoms with Gasteiger partial charge in [0.2, 0.25) is 5.91 Å². The highest BCUT2D eigenvalue weighted by molar-refractivity contribution is 5.75. The Bertz CT molecular complexity index is 236. The topological polar surface area (TPSA) is 61.4 Å². The van der Waals surface area contributed by atoms with Gasteiger partial charge in [0.25, 0.3) is 0 Å². The molecule has 1 rings (SSSR count). The molecular weight excluding hydrogens is 216 g/mol. The highest BCUT2D eigenvalue weighted by Crippen LogP contribution is 2.31. The lowest BCUT2D eigenvalue weighted by Gasteiger charge is -2.39. The van der Waals surface area contributed by atoms with Crippen LogP contribution in [0.2, 0.25) is 0 Å². The molecule has 0 spiro atoms. The second-order valence-corrected chi connectivity index (χ2v) is 5.32. The van der Waals surface area contributed by atoms with Crippen molar-refractivity contribution in [1.29, 1.82) is 0 Å². The zero-order chi connectivity index (χ0) is 12.7. The normalized spacial score (nSPS) is 29.0. The summed E-state index contributed by atoms with van der Waals surface area (Å²) in [6.45, 7) is 3.29. The second-order valence-electron chi connectivity index (χ2n) is 5.32. The molecule has 100 valence electrons. The van der Waals surface area contributed by atoms with Crippen LogP contribution in [0.1, 0.15) is 45.4 Å². The van der Waals surface area contributed by atoms with Gasteiger partial charge in [0, 0.05) is 19.0 Å². The van der Waals surface area contributed by atoms with E-state index in [0.717, 1.165) is 31.7 Å². The molecule has 0 aliphatic heterocycles. The molecule has 17 heavy (non-hydrogen) atoms. The van der Waals surface area contributed by atoms with Crippen molar-refractivity contribution in [1.82, 2.24) is 10.6 Å². The number of aliphatic hydroxyl groups excluding tert-OH is 1. The molecule has 1 aliphatic rings. The summed E-state index contributed by atoms with van der Waals surface area (Å²) in [5.74, 6) is 0.865. The molecule has 0 atom stereocenters. The van der Waals surface area contributed by atoms with Gasteiger partial charge in [0.15, 0.2) is 0 Å². The first-order chi connectivity index (χ1) is 8.12. The molecule has 1 aliphatic carbocycles. The zero-order valence-corrected chi connectivity index (χ0v) is 11.1. The molecule has 0 heterocycles. The first-order valence-corrected chi connectivity index (χ1v) is 6.68. The monoisotopic (exact) mass is 242 g/mol. The molecule has 0 aromatic rings. The predicted octanol–water partition coefficient (Wildman–Crippen LogP) is 1.04. The van der Waals surface area contributed by atoms with Crippen molar-refractivity contribution in [3.63, 3.8) is 0 Å². The second kappa shape index (κ2) is 6.97. The highest BCUT2D eigenvalue weighted by Gasteiger charge is 2.32. The van der Waals surface area contributed by atoms with Crippen LogP contribution in [-0.2, 0) is 4.79 Å². The molecular formula is C13H26N2O2. The van der Waals surface area contributed by atoms with Crippen LogP contribution in [0.15, 0.2) is 0 Å². The molecule has 3 N–H and O–H groups in total. The van der Waals surface area contributed by atoms with E-state index in [0.29, 0.717) is 6.42 Å². The van der Waals surface area contributed by atoms with Crippen LogP contribution < -0.4 is 10.6 Å². The molecule has 0 radical (unpaired) electrons. The Balaban J connectivity index is 2.25. The van der Waals surface area contributed by atoms with Gasteiger partial charge in [-0.15, -0.1) is 0 Å². The highest BCUT2D eigenvalue weighted by atomic mass is 16.3. The van der Waals surface area contributed by atoms with E-state index < -0.39 is 0 Å². The minimum atomic E-state index is -0.0881. The van der Waals surface area contributed by atoms with E-state index in [4.69, 9.17) is 0 Å². The molecule has 0 unspecified atom stereocenters. The van der Waals surface area contributed by atoms with Gasteiger partial charge in [-0.25, -0.2) is 0 Å². The average Bonchev–Trinajstić information content (AvgIpc) is 2.37. The standard InChI is InChI=1S/C13H26N2O2/c1-11-5-7-13(10-16,8-6-11)15-9-3-4-12(17)14-2/h11,15-16H,3-10H2,1-2H3,(H,14,17).